The molecule has 0 fully saturated rings. The van der Waals surface area contributed by atoms with Crippen molar-refractivity contribution in [2.24, 2.45) is 0 Å². The van der Waals surface area contributed by atoms with E-state index in [1.807, 2.05) is 0 Å². The molecular weight excluding hydrogens is 132 g/mol. The summed E-state index contributed by atoms with van der Waals surface area (Å²) >= 11 is 0. The van der Waals surface area contributed by atoms with Crippen LogP contribution in [0.2, 0.25) is 0 Å². The van der Waals surface area contributed by atoms with Gasteiger partial charge in [-0.25, -0.2) is 4.98 Å². The molecule has 0 bridgehead atoms. The Kier molecular flexibility index (Phi) is 2.17. The fraction of sp³-hybridized carbons (Fsp3) is 0.333. The lowest BCUT2D eigenvalue weighted by atomic mass is 10.4. The van der Waals surface area contributed by atoms with Crippen molar-refractivity contribution in [2.75, 3.05) is 7.11 Å². The van der Waals surface area contributed by atoms with E-state index >= 15 is 0 Å². The van der Waals surface area contributed by atoms with Crippen molar-refractivity contribution < 1.29 is 9.84 Å². The fourth-order valence-electron chi connectivity index (χ4n) is 0.562. The third-order valence-electron chi connectivity index (χ3n) is 1.04. The van der Waals surface area contributed by atoms with Gasteiger partial charge in [0.05, 0.1) is 19.4 Å². The molecule has 0 radical (unpaired) electrons. The van der Waals surface area contributed by atoms with E-state index in [0.717, 1.165) is 0 Å². The van der Waals surface area contributed by atoms with Gasteiger partial charge in [0.15, 0.2) is 0 Å². The number of aliphatic hydroxyl groups excluding tert-OH is 1. The number of hydrogen-bond donors (Lipinski definition) is 1. The van der Waals surface area contributed by atoms with Gasteiger partial charge < -0.3 is 9.84 Å². The van der Waals surface area contributed by atoms with Crippen LogP contribution in [0.4, 0.5) is 0 Å². The third kappa shape index (κ3) is 1.41. The first-order valence-corrected chi connectivity index (χ1v) is 2.83. The molecule has 1 rings (SSSR count). The van der Waals surface area contributed by atoms with Gasteiger partial charge in [0.25, 0.3) is 0 Å². The second-order valence-corrected chi connectivity index (χ2v) is 1.69. The Labute approximate surface area is 58.5 Å². The van der Waals surface area contributed by atoms with Gasteiger partial charge in [0.2, 0.25) is 0 Å². The molecule has 0 unspecified atom stereocenters. The Bertz CT molecular complexity index is 195. The smallest absolute Gasteiger partial charge is 0.316 e. The molecule has 0 saturated carbocycles. The van der Waals surface area contributed by atoms with E-state index in [0.29, 0.717) is 5.69 Å². The molecular formula is C6H8N2O2. The summed E-state index contributed by atoms with van der Waals surface area (Å²) in [6.45, 7) is -0.0844. The van der Waals surface area contributed by atoms with Gasteiger partial charge in [-0.3, -0.25) is 0 Å². The first-order chi connectivity index (χ1) is 4.86. The number of aromatic nitrogens is 2. The molecule has 54 valence electrons. The minimum atomic E-state index is -0.0844. The molecule has 1 N–H and O–H groups in total. The third-order valence-corrected chi connectivity index (χ3v) is 1.04. The van der Waals surface area contributed by atoms with Crippen molar-refractivity contribution in [3.05, 3.63) is 18.0 Å². The summed E-state index contributed by atoms with van der Waals surface area (Å²) in [5, 5.41) is 8.61. The van der Waals surface area contributed by atoms with Crippen molar-refractivity contribution in [2.45, 2.75) is 6.61 Å². The normalized spacial score (nSPS) is 9.40. The van der Waals surface area contributed by atoms with Crippen molar-refractivity contribution in [3.63, 3.8) is 0 Å². The quantitative estimate of drug-likeness (QED) is 0.627. The molecule has 4 heteroatoms. The summed E-state index contributed by atoms with van der Waals surface area (Å²) in [7, 11) is 1.48. The molecule has 0 aromatic carbocycles. The summed E-state index contributed by atoms with van der Waals surface area (Å²) in [4.78, 5) is 7.59. The Morgan fingerprint density at radius 2 is 2.50 bits per heavy atom. The zero-order valence-corrected chi connectivity index (χ0v) is 5.61. The molecule has 0 amide bonds. The molecule has 0 saturated heterocycles. The summed E-state index contributed by atoms with van der Waals surface area (Å²) in [5.41, 5.74) is 0.562. The molecule has 0 aliphatic heterocycles. The fourth-order valence-corrected chi connectivity index (χ4v) is 0.562. The van der Waals surface area contributed by atoms with Crippen LogP contribution in [0.5, 0.6) is 6.01 Å². The first kappa shape index (κ1) is 6.95. The van der Waals surface area contributed by atoms with Crippen LogP contribution in [0.3, 0.4) is 0 Å². The van der Waals surface area contributed by atoms with Crippen LogP contribution in [-0.4, -0.2) is 22.2 Å². The molecule has 0 atom stereocenters. The van der Waals surface area contributed by atoms with Crippen molar-refractivity contribution in [3.8, 4) is 6.01 Å². The van der Waals surface area contributed by atoms with Crippen molar-refractivity contribution in [1.29, 1.82) is 0 Å². The van der Waals surface area contributed by atoms with Gasteiger partial charge in [0.1, 0.15) is 0 Å². The topological polar surface area (TPSA) is 55.2 Å². The van der Waals surface area contributed by atoms with Crippen LogP contribution in [-0.2, 0) is 6.61 Å². The van der Waals surface area contributed by atoms with Crippen LogP contribution in [0, 0.1) is 0 Å². The zero-order chi connectivity index (χ0) is 7.40. The highest BCUT2D eigenvalue weighted by Gasteiger charge is 1.94. The Morgan fingerprint density at radius 1 is 1.70 bits per heavy atom. The average molecular weight is 140 g/mol. The highest BCUT2D eigenvalue weighted by molar-refractivity contribution is 5.03. The van der Waals surface area contributed by atoms with Crippen molar-refractivity contribution in [1.82, 2.24) is 9.97 Å². The van der Waals surface area contributed by atoms with Gasteiger partial charge in [-0.1, -0.05) is 0 Å². The lowest BCUT2D eigenvalue weighted by Crippen LogP contribution is -1.95. The Morgan fingerprint density at radius 3 is 3.10 bits per heavy atom. The predicted molar refractivity (Wildman–Crippen MR) is 34.5 cm³/mol. The molecule has 1 aromatic heterocycles. The summed E-state index contributed by atoms with van der Waals surface area (Å²) in [6.07, 6.45) is 1.54. The molecule has 0 spiro atoms. The van der Waals surface area contributed by atoms with E-state index in [2.05, 4.69) is 9.97 Å². The summed E-state index contributed by atoms with van der Waals surface area (Å²) in [5.74, 6) is 0. The van der Waals surface area contributed by atoms with Crippen LogP contribution in [0.1, 0.15) is 5.69 Å². The number of aliphatic hydroxyl groups is 1. The Balaban J connectivity index is 2.87. The molecule has 10 heavy (non-hydrogen) atoms. The largest absolute Gasteiger partial charge is 0.467 e. The maximum atomic E-state index is 8.61. The van der Waals surface area contributed by atoms with Crippen LogP contribution < -0.4 is 4.74 Å². The van der Waals surface area contributed by atoms with Crippen LogP contribution in [0.15, 0.2) is 12.3 Å². The van der Waals surface area contributed by atoms with Gasteiger partial charge in [-0.2, -0.15) is 4.98 Å². The number of methoxy groups -OCH3 is 1. The predicted octanol–water partition coefficient (Wildman–Crippen LogP) is -0.0225. The van der Waals surface area contributed by atoms with Crippen LogP contribution in [0.25, 0.3) is 0 Å². The van der Waals surface area contributed by atoms with E-state index in [1.54, 1.807) is 6.07 Å². The minimum Gasteiger partial charge on any atom is -0.467 e. The molecule has 4 nitrogen and oxygen atoms in total. The SMILES string of the molecule is COc1nccc(CO)n1. The average Bonchev–Trinajstić information content (AvgIpc) is 2.05. The summed E-state index contributed by atoms with van der Waals surface area (Å²) < 4.78 is 4.72. The molecule has 0 aliphatic carbocycles. The number of rotatable bonds is 2. The highest BCUT2D eigenvalue weighted by Crippen LogP contribution is 2.00. The molecule has 0 aliphatic rings. The van der Waals surface area contributed by atoms with Crippen LogP contribution >= 0.6 is 0 Å². The van der Waals surface area contributed by atoms with E-state index in [1.165, 1.54) is 13.3 Å². The number of hydrogen-bond acceptors (Lipinski definition) is 4. The van der Waals surface area contributed by atoms with Gasteiger partial charge >= 0.3 is 6.01 Å². The molecule has 1 aromatic rings. The second kappa shape index (κ2) is 3.12. The lowest BCUT2D eigenvalue weighted by molar-refractivity contribution is 0.273. The van der Waals surface area contributed by atoms with Gasteiger partial charge in [-0.05, 0) is 6.07 Å². The second-order valence-electron chi connectivity index (χ2n) is 1.69. The van der Waals surface area contributed by atoms with Gasteiger partial charge in [0, 0.05) is 6.20 Å². The maximum absolute atomic E-state index is 8.61. The van der Waals surface area contributed by atoms with E-state index in [4.69, 9.17) is 9.84 Å². The monoisotopic (exact) mass is 140 g/mol. The number of ether oxygens (including phenoxy) is 1. The Hall–Kier alpha value is -1.16. The first-order valence-electron chi connectivity index (χ1n) is 2.83. The number of nitrogens with zero attached hydrogens (tertiary/aromatic N) is 2. The standard InChI is InChI=1S/C6H8N2O2/c1-10-6-7-3-2-5(4-9)8-6/h2-3,9H,4H2,1H3. The minimum absolute atomic E-state index is 0.0844. The molecule has 1 heterocycles. The maximum Gasteiger partial charge on any atom is 0.316 e. The van der Waals surface area contributed by atoms with Crippen molar-refractivity contribution >= 4 is 0 Å². The van der Waals surface area contributed by atoms with E-state index in [-0.39, 0.29) is 12.6 Å². The van der Waals surface area contributed by atoms with Gasteiger partial charge in [-0.15, -0.1) is 0 Å². The highest BCUT2D eigenvalue weighted by atomic mass is 16.5. The zero-order valence-electron chi connectivity index (χ0n) is 5.61. The van der Waals surface area contributed by atoms with E-state index in [9.17, 15) is 0 Å². The summed E-state index contributed by atoms with van der Waals surface area (Å²) in [6, 6.07) is 1.91. The van der Waals surface area contributed by atoms with E-state index < -0.39 is 0 Å². The lowest BCUT2D eigenvalue weighted by Gasteiger charge is -1.97.